The molecule has 1 aromatic rings. The van der Waals surface area contributed by atoms with Crippen LogP contribution in [-0.2, 0) is 18.4 Å². The number of likely N-dealkylation sites (tertiary alicyclic amines) is 1. The summed E-state index contributed by atoms with van der Waals surface area (Å²) in [6.45, 7) is 5.75. The summed E-state index contributed by atoms with van der Waals surface area (Å²) in [5, 5.41) is 7.93. The number of rotatable bonds is 5. The Hall–Kier alpha value is -1.69. The molecule has 6 heteroatoms. The number of nitrogens with zero attached hydrogens (tertiary/aromatic N) is 5. The zero-order valence-electron chi connectivity index (χ0n) is 10.9. The number of hydrogen-bond acceptors (Lipinski definition) is 4. The molecule has 0 radical (unpaired) electrons. The lowest BCUT2D eigenvalue weighted by Gasteiger charge is -2.22. The Morgan fingerprint density at radius 1 is 1.67 bits per heavy atom. The maximum atomic E-state index is 12.1. The van der Waals surface area contributed by atoms with Crippen LogP contribution in [0, 0.1) is 0 Å². The van der Waals surface area contributed by atoms with Crippen LogP contribution >= 0.6 is 0 Å². The van der Waals surface area contributed by atoms with Crippen LogP contribution in [-0.4, -0.2) is 56.9 Å². The molecule has 6 nitrogen and oxygen atoms in total. The van der Waals surface area contributed by atoms with Gasteiger partial charge in [0.2, 0.25) is 5.91 Å². The predicted molar refractivity (Wildman–Crippen MR) is 67.7 cm³/mol. The van der Waals surface area contributed by atoms with Crippen molar-refractivity contribution in [3.05, 3.63) is 24.5 Å². The van der Waals surface area contributed by atoms with Crippen molar-refractivity contribution in [3.63, 3.8) is 0 Å². The fourth-order valence-corrected chi connectivity index (χ4v) is 2.30. The molecule has 98 valence electrons. The Bertz CT molecular complexity index is 441. The van der Waals surface area contributed by atoms with Gasteiger partial charge in [0.25, 0.3) is 0 Å². The van der Waals surface area contributed by atoms with Crippen LogP contribution in [0.15, 0.2) is 18.9 Å². The van der Waals surface area contributed by atoms with Gasteiger partial charge < -0.3 is 4.90 Å². The van der Waals surface area contributed by atoms with E-state index in [4.69, 9.17) is 0 Å². The molecule has 1 saturated heterocycles. The van der Waals surface area contributed by atoms with Gasteiger partial charge in [-0.1, -0.05) is 11.3 Å². The monoisotopic (exact) mass is 249 g/mol. The number of aryl methyl sites for hydroxylation is 1. The van der Waals surface area contributed by atoms with Crippen molar-refractivity contribution < 1.29 is 4.79 Å². The third kappa shape index (κ3) is 2.59. The number of amides is 1. The SMILES string of the molecule is C=CCN1CCC(N(C)Cc2cn(C)nn2)C1=O. The van der Waals surface area contributed by atoms with E-state index >= 15 is 0 Å². The summed E-state index contributed by atoms with van der Waals surface area (Å²) in [4.78, 5) is 16.0. The normalized spacial score (nSPS) is 19.8. The van der Waals surface area contributed by atoms with Gasteiger partial charge in [-0.2, -0.15) is 0 Å². The van der Waals surface area contributed by atoms with Crippen LogP contribution < -0.4 is 0 Å². The lowest BCUT2D eigenvalue weighted by atomic mass is 10.2. The molecule has 1 aliphatic heterocycles. The molecule has 1 aromatic heterocycles. The molecule has 1 aliphatic rings. The summed E-state index contributed by atoms with van der Waals surface area (Å²) < 4.78 is 1.67. The number of carbonyl (C=O) groups excluding carboxylic acids is 1. The molecule has 0 aromatic carbocycles. The maximum Gasteiger partial charge on any atom is 0.240 e. The van der Waals surface area contributed by atoms with Gasteiger partial charge in [0.05, 0.1) is 11.7 Å². The molecule has 2 heterocycles. The highest BCUT2D eigenvalue weighted by atomic mass is 16.2. The van der Waals surface area contributed by atoms with Crippen molar-refractivity contribution in [2.75, 3.05) is 20.1 Å². The molecule has 0 bridgehead atoms. The van der Waals surface area contributed by atoms with E-state index in [1.165, 1.54) is 0 Å². The summed E-state index contributed by atoms with van der Waals surface area (Å²) in [7, 11) is 3.79. The minimum Gasteiger partial charge on any atom is -0.338 e. The summed E-state index contributed by atoms with van der Waals surface area (Å²) >= 11 is 0. The van der Waals surface area contributed by atoms with Crippen LogP contribution in [0.25, 0.3) is 0 Å². The third-order valence-electron chi connectivity index (χ3n) is 3.21. The molecule has 0 spiro atoms. The molecule has 1 unspecified atom stereocenters. The molecule has 18 heavy (non-hydrogen) atoms. The largest absolute Gasteiger partial charge is 0.338 e. The van der Waals surface area contributed by atoms with E-state index in [-0.39, 0.29) is 11.9 Å². The lowest BCUT2D eigenvalue weighted by Crippen LogP contribution is -2.39. The molecule has 2 rings (SSSR count). The van der Waals surface area contributed by atoms with E-state index in [1.54, 1.807) is 10.8 Å². The summed E-state index contributed by atoms with van der Waals surface area (Å²) in [6.07, 6.45) is 4.50. The Balaban J connectivity index is 1.95. The predicted octanol–water partition coefficient (Wildman–Crippen LogP) is 0.0338. The average Bonchev–Trinajstić information content (AvgIpc) is 2.87. The first-order valence-electron chi connectivity index (χ1n) is 6.07. The number of aromatic nitrogens is 3. The molecule has 1 fully saturated rings. The molecule has 0 aliphatic carbocycles. The van der Waals surface area contributed by atoms with Crippen LogP contribution in [0.4, 0.5) is 0 Å². The van der Waals surface area contributed by atoms with Crippen LogP contribution in [0.3, 0.4) is 0 Å². The Morgan fingerprint density at radius 3 is 3.06 bits per heavy atom. The first kappa shape index (κ1) is 12.8. The molecular formula is C12H19N5O. The van der Waals surface area contributed by atoms with Gasteiger partial charge in [0, 0.05) is 32.9 Å². The van der Waals surface area contributed by atoms with Crippen molar-refractivity contribution in [3.8, 4) is 0 Å². The van der Waals surface area contributed by atoms with Gasteiger partial charge in [-0.3, -0.25) is 14.4 Å². The fourth-order valence-electron chi connectivity index (χ4n) is 2.30. The second kappa shape index (κ2) is 5.30. The van der Waals surface area contributed by atoms with E-state index in [0.717, 1.165) is 18.7 Å². The van der Waals surface area contributed by atoms with Crippen LogP contribution in [0.5, 0.6) is 0 Å². The van der Waals surface area contributed by atoms with Crippen molar-refractivity contribution in [1.29, 1.82) is 0 Å². The highest BCUT2D eigenvalue weighted by Gasteiger charge is 2.33. The molecule has 1 atom stereocenters. The van der Waals surface area contributed by atoms with Crippen molar-refractivity contribution in [1.82, 2.24) is 24.8 Å². The zero-order chi connectivity index (χ0) is 13.1. The van der Waals surface area contributed by atoms with E-state index in [9.17, 15) is 4.79 Å². The number of likely N-dealkylation sites (N-methyl/N-ethyl adjacent to an activating group) is 1. The minimum atomic E-state index is -0.0491. The first-order chi connectivity index (χ1) is 8.61. The number of hydrogen-bond donors (Lipinski definition) is 0. The Kier molecular flexibility index (Phi) is 3.76. The van der Waals surface area contributed by atoms with Crippen molar-refractivity contribution in [2.24, 2.45) is 7.05 Å². The van der Waals surface area contributed by atoms with Gasteiger partial charge in [0.1, 0.15) is 0 Å². The van der Waals surface area contributed by atoms with E-state index < -0.39 is 0 Å². The van der Waals surface area contributed by atoms with Gasteiger partial charge >= 0.3 is 0 Å². The summed E-state index contributed by atoms with van der Waals surface area (Å²) in [5.41, 5.74) is 0.884. The summed E-state index contributed by atoms with van der Waals surface area (Å²) in [5.74, 6) is 0.182. The first-order valence-corrected chi connectivity index (χ1v) is 6.07. The quantitative estimate of drug-likeness (QED) is 0.691. The summed E-state index contributed by atoms with van der Waals surface area (Å²) in [6, 6.07) is -0.0491. The molecule has 0 N–H and O–H groups in total. The lowest BCUT2D eigenvalue weighted by molar-refractivity contribution is -0.131. The smallest absolute Gasteiger partial charge is 0.240 e. The van der Waals surface area contributed by atoms with E-state index in [2.05, 4.69) is 16.9 Å². The highest BCUT2D eigenvalue weighted by molar-refractivity contribution is 5.84. The molecule has 1 amide bonds. The Morgan fingerprint density at radius 2 is 2.44 bits per heavy atom. The molecular weight excluding hydrogens is 230 g/mol. The fraction of sp³-hybridized carbons (Fsp3) is 0.583. The van der Waals surface area contributed by atoms with Gasteiger partial charge in [-0.25, -0.2) is 0 Å². The van der Waals surface area contributed by atoms with Crippen molar-refractivity contribution in [2.45, 2.75) is 19.0 Å². The second-order valence-corrected chi connectivity index (χ2v) is 4.68. The average molecular weight is 249 g/mol. The third-order valence-corrected chi connectivity index (χ3v) is 3.21. The van der Waals surface area contributed by atoms with Crippen molar-refractivity contribution >= 4 is 5.91 Å². The Labute approximate surface area is 107 Å². The highest BCUT2D eigenvalue weighted by Crippen LogP contribution is 2.17. The zero-order valence-corrected chi connectivity index (χ0v) is 10.9. The van der Waals surface area contributed by atoms with E-state index in [0.29, 0.717) is 13.1 Å². The molecule has 0 saturated carbocycles. The maximum absolute atomic E-state index is 12.1. The van der Waals surface area contributed by atoms with Gasteiger partial charge in [-0.15, -0.1) is 11.7 Å². The van der Waals surface area contributed by atoms with E-state index in [1.807, 2.05) is 30.1 Å². The topological polar surface area (TPSA) is 54.3 Å². The second-order valence-electron chi connectivity index (χ2n) is 4.68. The van der Waals surface area contributed by atoms with Gasteiger partial charge in [0.15, 0.2) is 0 Å². The number of carbonyl (C=O) groups is 1. The van der Waals surface area contributed by atoms with Crippen LogP contribution in [0.1, 0.15) is 12.1 Å². The van der Waals surface area contributed by atoms with Gasteiger partial charge in [-0.05, 0) is 13.5 Å². The van der Waals surface area contributed by atoms with Crippen LogP contribution in [0.2, 0.25) is 0 Å². The standard InChI is InChI=1S/C12H19N5O/c1-4-6-17-7-5-11(12(17)18)15(2)8-10-9-16(3)14-13-10/h4,9,11H,1,5-8H2,2-3H3. The minimum absolute atomic E-state index is 0.0491.